The second kappa shape index (κ2) is 5.80. The first-order valence-electron chi connectivity index (χ1n) is 6.63. The van der Waals surface area contributed by atoms with Crippen LogP contribution in [0.3, 0.4) is 0 Å². The molecule has 0 amide bonds. The number of Topliss-reactive ketones (excluding diaryl/α,β-unsaturated/α-hetero) is 1. The van der Waals surface area contributed by atoms with Crippen LogP contribution in [0.1, 0.15) is 24.0 Å². The molecule has 0 saturated carbocycles. The lowest BCUT2D eigenvalue weighted by Crippen LogP contribution is -2.30. The standard InChI is InChI=1S/C16H13F3N2O2/c1-8-5-3-4-6-10(8)13-11(7-20)15(21)23-14(16(17,18)19)12(13)9(2)22/h3-6,13H,21H2,1-2H3/t13-/m0/s1. The number of hydrogen-bond acceptors (Lipinski definition) is 4. The van der Waals surface area contributed by atoms with Gasteiger partial charge in [-0.3, -0.25) is 4.79 Å². The molecule has 0 spiro atoms. The monoisotopic (exact) mass is 322 g/mol. The van der Waals surface area contributed by atoms with Crippen molar-refractivity contribution in [1.82, 2.24) is 0 Å². The molecule has 1 aliphatic rings. The first kappa shape index (κ1) is 16.6. The number of allylic oxidation sites excluding steroid dienone is 3. The van der Waals surface area contributed by atoms with Gasteiger partial charge in [-0.2, -0.15) is 18.4 Å². The summed E-state index contributed by atoms with van der Waals surface area (Å²) in [6, 6.07) is 8.33. The van der Waals surface area contributed by atoms with Gasteiger partial charge in [0, 0.05) is 0 Å². The van der Waals surface area contributed by atoms with Crippen LogP contribution in [0.15, 0.2) is 47.1 Å². The zero-order valence-electron chi connectivity index (χ0n) is 12.4. The highest BCUT2D eigenvalue weighted by molar-refractivity contribution is 5.97. The summed E-state index contributed by atoms with van der Waals surface area (Å²) in [6.45, 7) is 2.69. The highest BCUT2D eigenvalue weighted by Gasteiger charge is 2.47. The van der Waals surface area contributed by atoms with Gasteiger partial charge < -0.3 is 10.5 Å². The lowest BCUT2D eigenvalue weighted by molar-refractivity contribution is -0.131. The van der Waals surface area contributed by atoms with Gasteiger partial charge in [-0.25, -0.2) is 0 Å². The molecule has 2 rings (SSSR count). The van der Waals surface area contributed by atoms with E-state index < -0.39 is 35.1 Å². The molecule has 1 aromatic carbocycles. The number of nitriles is 1. The summed E-state index contributed by atoms with van der Waals surface area (Å²) >= 11 is 0. The van der Waals surface area contributed by atoms with Gasteiger partial charge in [-0.15, -0.1) is 0 Å². The average Bonchev–Trinajstić information content (AvgIpc) is 2.45. The van der Waals surface area contributed by atoms with Gasteiger partial charge in [0.25, 0.3) is 0 Å². The summed E-state index contributed by atoms with van der Waals surface area (Å²) in [5.74, 6) is -4.14. The summed E-state index contributed by atoms with van der Waals surface area (Å²) in [5, 5.41) is 9.29. The number of ether oxygens (including phenoxy) is 1. The van der Waals surface area contributed by atoms with Crippen molar-refractivity contribution in [3.63, 3.8) is 0 Å². The number of alkyl halides is 3. The smallest absolute Gasteiger partial charge is 0.435 e. The number of carbonyl (C=O) groups excluding carboxylic acids is 1. The molecule has 120 valence electrons. The average molecular weight is 322 g/mol. The fraction of sp³-hybridized carbons (Fsp3) is 0.250. The Morgan fingerprint density at radius 1 is 1.35 bits per heavy atom. The number of nitrogens with two attached hydrogens (primary N) is 1. The molecule has 0 fully saturated rings. The van der Waals surface area contributed by atoms with Gasteiger partial charge in [0.2, 0.25) is 11.6 Å². The van der Waals surface area contributed by atoms with Crippen LogP contribution < -0.4 is 5.73 Å². The zero-order chi connectivity index (χ0) is 17.4. The third-order valence-electron chi connectivity index (χ3n) is 3.56. The maximum Gasteiger partial charge on any atom is 0.450 e. The normalized spacial score (nSPS) is 18.5. The van der Waals surface area contributed by atoms with Crippen LogP contribution in [0.5, 0.6) is 0 Å². The number of rotatable bonds is 2. The van der Waals surface area contributed by atoms with Crippen molar-refractivity contribution in [2.45, 2.75) is 25.9 Å². The molecule has 0 saturated heterocycles. The molecule has 23 heavy (non-hydrogen) atoms. The SMILES string of the molecule is CC(=O)C1=C(C(F)(F)F)OC(N)=C(C#N)[C@@H]1c1ccccc1C. The Labute approximate surface area is 130 Å². The third-order valence-corrected chi connectivity index (χ3v) is 3.56. The number of ketones is 1. The van der Waals surface area contributed by atoms with Crippen molar-refractivity contribution in [3.8, 4) is 6.07 Å². The fourth-order valence-corrected chi connectivity index (χ4v) is 2.55. The molecule has 7 heteroatoms. The summed E-state index contributed by atoms with van der Waals surface area (Å²) in [4.78, 5) is 11.9. The Morgan fingerprint density at radius 3 is 2.43 bits per heavy atom. The van der Waals surface area contributed by atoms with Crippen molar-refractivity contribution >= 4 is 5.78 Å². The maximum atomic E-state index is 13.2. The van der Waals surface area contributed by atoms with Crippen LogP contribution in [-0.4, -0.2) is 12.0 Å². The molecule has 1 heterocycles. The quantitative estimate of drug-likeness (QED) is 0.907. The molecule has 1 aliphatic heterocycles. The van der Waals surface area contributed by atoms with Gasteiger partial charge in [0.15, 0.2) is 5.78 Å². The minimum absolute atomic E-state index is 0.211. The summed E-state index contributed by atoms with van der Waals surface area (Å²) in [5.41, 5.74) is 5.73. The number of halogens is 3. The Hall–Kier alpha value is -2.75. The molecule has 1 atom stereocenters. The molecular weight excluding hydrogens is 309 g/mol. The molecule has 0 aliphatic carbocycles. The number of nitrogens with zero attached hydrogens (tertiary/aromatic N) is 1. The molecule has 0 unspecified atom stereocenters. The lowest BCUT2D eigenvalue weighted by atomic mass is 9.79. The molecule has 2 N–H and O–H groups in total. The van der Waals surface area contributed by atoms with E-state index in [9.17, 15) is 23.2 Å². The highest BCUT2D eigenvalue weighted by Crippen LogP contribution is 2.45. The molecule has 0 bridgehead atoms. The fourth-order valence-electron chi connectivity index (χ4n) is 2.55. The van der Waals surface area contributed by atoms with Gasteiger partial charge >= 0.3 is 6.18 Å². The van der Waals surface area contributed by atoms with E-state index >= 15 is 0 Å². The van der Waals surface area contributed by atoms with E-state index in [0.717, 1.165) is 6.92 Å². The van der Waals surface area contributed by atoms with E-state index in [1.165, 1.54) is 0 Å². The third kappa shape index (κ3) is 2.93. The topological polar surface area (TPSA) is 76.1 Å². The Balaban J connectivity index is 2.82. The largest absolute Gasteiger partial charge is 0.450 e. The predicted molar refractivity (Wildman–Crippen MR) is 75.6 cm³/mol. The van der Waals surface area contributed by atoms with E-state index in [0.29, 0.717) is 11.1 Å². The summed E-state index contributed by atoms with van der Waals surface area (Å²) in [6.07, 6.45) is -4.90. The number of carbonyl (C=O) groups is 1. The minimum Gasteiger partial charge on any atom is -0.435 e. The Kier molecular flexibility index (Phi) is 4.19. The summed E-state index contributed by atoms with van der Waals surface area (Å²) < 4.78 is 44.3. The van der Waals surface area contributed by atoms with Gasteiger partial charge in [0.1, 0.15) is 11.6 Å². The Bertz CT molecular complexity index is 770. The van der Waals surface area contributed by atoms with Crippen LogP contribution in [0.4, 0.5) is 13.2 Å². The van der Waals surface area contributed by atoms with Crippen molar-refractivity contribution in [2.75, 3.05) is 0 Å². The van der Waals surface area contributed by atoms with Crippen LogP contribution in [-0.2, 0) is 9.53 Å². The van der Waals surface area contributed by atoms with Crippen LogP contribution >= 0.6 is 0 Å². The van der Waals surface area contributed by atoms with Crippen LogP contribution in [0, 0.1) is 18.3 Å². The van der Waals surface area contributed by atoms with Crippen molar-refractivity contribution < 1.29 is 22.7 Å². The van der Waals surface area contributed by atoms with E-state index in [1.807, 2.05) is 0 Å². The van der Waals surface area contributed by atoms with Gasteiger partial charge in [0.05, 0.1) is 11.5 Å². The second-order valence-corrected chi connectivity index (χ2v) is 5.08. The number of hydrogen-bond donors (Lipinski definition) is 1. The van der Waals surface area contributed by atoms with E-state index in [-0.39, 0.29) is 5.57 Å². The van der Waals surface area contributed by atoms with E-state index in [4.69, 9.17) is 5.73 Å². The second-order valence-electron chi connectivity index (χ2n) is 5.08. The van der Waals surface area contributed by atoms with Crippen LogP contribution in [0.2, 0.25) is 0 Å². The van der Waals surface area contributed by atoms with Crippen molar-refractivity contribution in [2.24, 2.45) is 5.73 Å². The zero-order valence-corrected chi connectivity index (χ0v) is 12.4. The molecule has 0 radical (unpaired) electrons. The number of benzene rings is 1. The predicted octanol–water partition coefficient (Wildman–Crippen LogP) is 3.21. The minimum atomic E-state index is -4.90. The van der Waals surface area contributed by atoms with Gasteiger partial charge in [-0.1, -0.05) is 24.3 Å². The molecular formula is C16H13F3N2O2. The molecule has 4 nitrogen and oxygen atoms in total. The first-order valence-corrected chi connectivity index (χ1v) is 6.63. The van der Waals surface area contributed by atoms with Crippen molar-refractivity contribution in [1.29, 1.82) is 5.26 Å². The number of aryl methyl sites for hydroxylation is 1. The van der Waals surface area contributed by atoms with E-state index in [1.54, 1.807) is 37.3 Å². The molecule has 1 aromatic rings. The van der Waals surface area contributed by atoms with Gasteiger partial charge in [-0.05, 0) is 25.0 Å². The summed E-state index contributed by atoms with van der Waals surface area (Å²) in [7, 11) is 0. The highest BCUT2D eigenvalue weighted by atomic mass is 19.4. The van der Waals surface area contributed by atoms with Crippen LogP contribution in [0.25, 0.3) is 0 Å². The maximum absolute atomic E-state index is 13.2. The van der Waals surface area contributed by atoms with Crippen molar-refractivity contribution in [3.05, 3.63) is 58.2 Å². The first-order chi connectivity index (χ1) is 10.7. The Morgan fingerprint density at radius 2 is 1.96 bits per heavy atom. The lowest BCUT2D eigenvalue weighted by Gasteiger charge is -2.29. The molecule has 0 aromatic heterocycles. The van der Waals surface area contributed by atoms with E-state index in [2.05, 4.69) is 4.74 Å².